The number of hydrogen-bond donors (Lipinski definition) is 6. The molecule has 4 aromatic rings. The Morgan fingerprint density at radius 2 is 1.54 bits per heavy atom. The lowest BCUT2D eigenvalue weighted by Gasteiger charge is -2.23. The van der Waals surface area contributed by atoms with Crippen molar-refractivity contribution in [3.63, 3.8) is 0 Å². The number of benzene rings is 3. The largest absolute Gasteiger partial charge is 0.506 e. The number of thiazole rings is 1. The van der Waals surface area contributed by atoms with E-state index in [0.29, 0.717) is 42.7 Å². The third kappa shape index (κ3) is 6.14. The average molecular weight is 498 g/mol. The first-order chi connectivity index (χ1) is 16.8. The molecule has 184 valence electrons. The van der Waals surface area contributed by atoms with Gasteiger partial charge in [0.05, 0.1) is 11.2 Å². The summed E-state index contributed by atoms with van der Waals surface area (Å²) in [4.78, 5) is 13.8. The number of aromatic hydroxyl groups is 1. The summed E-state index contributed by atoms with van der Waals surface area (Å²) < 4.78 is 14.1. The summed E-state index contributed by atoms with van der Waals surface area (Å²) in [5.41, 5.74) is 3.28. The van der Waals surface area contributed by atoms with Gasteiger partial charge in [-0.3, -0.25) is 4.79 Å². The Labute approximate surface area is 205 Å². The molecule has 0 saturated heterocycles. The van der Waals surface area contributed by atoms with E-state index in [4.69, 9.17) is 0 Å². The van der Waals surface area contributed by atoms with Crippen LogP contribution in [0.15, 0.2) is 65.5 Å². The SMILES string of the molecule is O=c1[nH]c2c(O)ccc(C(O)(O)CNCCc3ccccc3CNCCc3ccccc3F)c2s1. The highest BCUT2D eigenvalue weighted by Crippen LogP contribution is 2.32. The monoisotopic (exact) mass is 497 g/mol. The van der Waals surface area contributed by atoms with E-state index in [0.717, 1.165) is 22.5 Å². The first-order valence-corrected chi connectivity index (χ1v) is 12.2. The Hall–Kier alpha value is -3.08. The van der Waals surface area contributed by atoms with Crippen molar-refractivity contribution in [2.45, 2.75) is 25.2 Å². The van der Waals surface area contributed by atoms with E-state index in [9.17, 15) is 24.5 Å². The van der Waals surface area contributed by atoms with Crippen LogP contribution in [-0.2, 0) is 25.2 Å². The van der Waals surface area contributed by atoms with Crippen molar-refractivity contribution in [2.75, 3.05) is 19.6 Å². The molecule has 6 N–H and O–H groups in total. The van der Waals surface area contributed by atoms with Crippen molar-refractivity contribution in [3.05, 3.63) is 98.4 Å². The molecule has 0 aliphatic heterocycles. The van der Waals surface area contributed by atoms with E-state index in [1.165, 1.54) is 18.2 Å². The van der Waals surface area contributed by atoms with Crippen LogP contribution in [0.4, 0.5) is 4.39 Å². The van der Waals surface area contributed by atoms with Gasteiger partial charge in [-0.1, -0.05) is 53.8 Å². The van der Waals surface area contributed by atoms with Crippen molar-refractivity contribution in [2.24, 2.45) is 0 Å². The lowest BCUT2D eigenvalue weighted by Crippen LogP contribution is -2.38. The van der Waals surface area contributed by atoms with Gasteiger partial charge < -0.3 is 30.9 Å². The van der Waals surface area contributed by atoms with Crippen LogP contribution in [0.2, 0.25) is 0 Å². The van der Waals surface area contributed by atoms with Crippen LogP contribution < -0.4 is 15.5 Å². The Kier molecular flexibility index (Phi) is 7.94. The quantitative estimate of drug-likeness (QED) is 0.140. The molecule has 0 aliphatic carbocycles. The van der Waals surface area contributed by atoms with Crippen molar-refractivity contribution < 1.29 is 19.7 Å². The highest BCUT2D eigenvalue weighted by molar-refractivity contribution is 7.16. The number of aromatic amines is 1. The summed E-state index contributed by atoms with van der Waals surface area (Å²) in [6.07, 6.45) is 1.27. The fraction of sp³-hybridized carbons (Fsp3) is 0.269. The molecule has 0 spiro atoms. The van der Waals surface area contributed by atoms with Crippen molar-refractivity contribution in [1.82, 2.24) is 15.6 Å². The predicted molar refractivity (Wildman–Crippen MR) is 135 cm³/mol. The molecule has 35 heavy (non-hydrogen) atoms. The number of aromatic nitrogens is 1. The second-order valence-corrected chi connectivity index (χ2v) is 9.36. The second-order valence-electron chi connectivity index (χ2n) is 8.38. The number of phenols is 1. The van der Waals surface area contributed by atoms with Crippen LogP contribution in [0.5, 0.6) is 5.75 Å². The zero-order chi connectivity index (χ0) is 24.8. The standard InChI is InChI=1S/C26H28FN3O4S/c27-21-8-4-3-6-18(21)12-13-28-15-19-7-2-1-5-17(19)11-14-29-16-26(33,34)20-9-10-22(31)23-24(20)35-25(32)30-23/h1-10,28-29,31,33-34H,11-16H2,(H,30,32). The topological polar surface area (TPSA) is 118 Å². The molecular weight excluding hydrogens is 469 g/mol. The molecule has 0 aliphatic rings. The molecule has 4 rings (SSSR count). The third-order valence-electron chi connectivity index (χ3n) is 5.89. The fourth-order valence-corrected chi connectivity index (χ4v) is 4.97. The number of rotatable bonds is 11. The van der Waals surface area contributed by atoms with Gasteiger partial charge in [0, 0.05) is 12.1 Å². The zero-order valence-electron chi connectivity index (χ0n) is 19.1. The number of fused-ring (bicyclic) bond motifs is 1. The summed E-state index contributed by atoms with van der Waals surface area (Å²) >= 11 is 0.820. The van der Waals surface area contributed by atoms with Gasteiger partial charge in [0.25, 0.3) is 0 Å². The minimum Gasteiger partial charge on any atom is -0.506 e. The van der Waals surface area contributed by atoms with Crippen LogP contribution in [0, 0.1) is 5.82 Å². The maximum absolute atomic E-state index is 13.8. The molecule has 0 unspecified atom stereocenters. The summed E-state index contributed by atoms with van der Waals surface area (Å²) in [6, 6.07) is 17.5. The van der Waals surface area contributed by atoms with Gasteiger partial charge >= 0.3 is 4.87 Å². The molecule has 0 bridgehead atoms. The van der Waals surface area contributed by atoms with Crippen LogP contribution in [0.1, 0.15) is 22.3 Å². The summed E-state index contributed by atoms with van der Waals surface area (Å²) in [6.45, 7) is 1.64. The molecule has 9 heteroatoms. The van der Waals surface area contributed by atoms with Crippen molar-refractivity contribution >= 4 is 21.6 Å². The normalized spacial score (nSPS) is 11.9. The van der Waals surface area contributed by atoms with E-state index in [1.54, 1.807) is 12.1 Å². The second kappa shape index (κ2) is 11.1. The lowest BCUT2D eigenvalue weighted by atomic mass is 10.0. The predicted octanol–water partition coefficient (Wildman–Crippen LogP) is 2.74. The zero-order valence-corrected chi connectivity index (χ0v) is 19.9. The molecule has 0 atom stereocenters. The van der Waals surface area contributed by atoms with Crippen molar-refractivity contribution in [1.29, 1.82) is 0 Å². The molecule has 1 heterocycles. The van der Waals surface area contributed by atoms with Gasteiger partial charge in [0.1, 0.15) is 17.1 Å². The summed E-state index contributed by atoms with van der Waals surface area (Å²) in [7, 11) is 0. The molecule has 7 nitrogen and oxygen atoms in total. The molecule has 1 aromatic heterocycles. The lowest BCUT2D eigenvalue weighted by molar-refractivity contribution is -0.164. The van der Waals surface area contributed by atoms with Gasteiger partial charge in [0.15, 0.2) is 0 Å². The van der Waals surface area contributed by atoms with E-state index in [2.05, 4.69) is 15.6 Å². The fourth-order valence-electron chi connectivity index (χ4n) is 4.04. The number of H-pyrrole nitrogens is 1. The summed E-state index contributed by atoms with van der Waals surface area (Å²) in [5.74, 6) is -2.53. The number of phenolic OH excluding ortho intramolecular Hbond substituents is 1. The van der Waals surface area contributed by atoms with E-state index in [-0.39, 0.29) is 34.1 Å². The Bertz CT molecular complexity index is 1350. The van der Waals surface area contributed by atoms with Gasteiger partial charge in [-0.25, -0.2) is 4.39 Å². The highest BCUT2D eigenvalue weighted by Gasteiger charge is 2.29. The molecule has 0 amide bonds. The minimum absolute atomic E-state index is 0.120. The summed E-state index contributed by atoms with van der Waals surface area (Å²) in [5, 5.41) is 37.7. The molecule has 0 saturated carbocycles. The maximum Gasteiger partial charge on any atom is 0.305 e. The van der Waals surface area contributed by atoms with E-state index in [1.807, 2.05) is 30.3 Å². The first-order valence-electron chi connectivity index (χ1n) is 11.4. The minimum atomic E-state index is -2.22. The van der Waals surface area contributed by atoms with Gasteiger partial charge in [-0.15, -0.1) is 0 Å². The van der Waals surface area contributed by atoms with Crippen molar-refractivity contribution in [3.8, 4) is 5.75 Å². The van der Waals surface area contributed by atoms with Crippen LogP contribution in [0.3, 0.4) is 0 Å². The van der Waals surface area contributed by atoms with E-state index >= 15 is 0 Å². The van der Waals surface area contributed by atoms with Crippen LogP contribution in [0.25, 0.3) is 10.2 Å². The number of halogens is 1. The Morgan fingerprint density at radius 1 is 0.886 bits per heavy atom. The number of aliphatic hydroxyl groups is 2. The molecule has 0 radical (unpaired) electrons. The van der Waals surface area contributed by atoms with Gasteiger partial charge in [-0.2, -0.15) is 0 Å². The number of nitrogens with one attached hydrogen (secondary N) is 3. The highest BCUT2D eigenvalue weighted by atomic mass is 32.1. The molecule has 0 fully saturated rings. The smallest absolute Gasteiger partial charge is 0.305 e. The Balaban J connectivity index is 1.30. The average Bonchev–Trinajstić information content (AvgIpc) is 3.23. The van der Waals surface area contributed by atoms with E-state index < -0.39 is 5.79 Å². The number of hydrogen-bond acceptors (Lipinski definition) is 7. The van der Waals surface area contributed by atoms with Gasteiger partial charge in [-0.05, 0) is 60.8 Å². The van der Waals surface area contributed by atoms with Crippen LogP contribution in [-0.4, -0.2) is 39.9 Å². The molecule has 3 aromatic carbocycles. The maximum atomic E-state index is 13.8. The third-order valence-corrected chi connectivity index (χ3v) is 6.81. The van der Waals surface area contributed by atoms with Crippen LogP contribution >= 0.6 is 11.3 Å². The van der Waals surface area contributed by atoms with Gasteiger partial charge in [0.2, 0.25) is 5.79 Å². The Morgan fingerprint density at radius 3 is 2.31 bits per heavy atom. The molecular formula is C26H28FN3O4S. The first kappa shape index (κ1) is 25.0.